The van der Waals surface area contributed by atoms with Gasteiger partial charge in [-0.2, -0.15) is 5.10 Å². The SMILES string of the molecule is Cc1nnc2sc3c(N4CCCC4)nccc3c2c1C. The molecule has 4 rings (SSSR count). The van der Waals surface area contributed by atoms with E-state index >= 15 is 0 Å². The molecule has 3 aromatic heterocycles. The molecular formula is C15H16N4S. The van der Waals surface area contributed by atoms with E-state index in [1.165, 1.54) is 33.9 Å². The van der Waals surface area contributed by atoms with E-state index in [0.29, 0.717) is 0 Å². The fourth-order valence-electron chi connectivity index (χ4n) is 2.96. The summed E-state index contributed by atoms with van der Waals surface area (Å²) in [7, 11) is 0. The van der Waals surface area contributed by atoms with Crippen molar-refractivity contribution in [2.45, 2.75) is 26.7 Å². The molecule has 4 nitrogen and oxygen atoms in total. The predicted octanol–water partition coefficient (Wildman–Crippen LogP) is 3.46. The molecule has 1 aliphatic heterocycles. The Morgan fingerprint density at radius 2 is 1.95 bits per heavy atom. The third-order valence-electron chi connectivity index (χ3n) is 4.18. The van der Waals surface area contributed by atoms with Crippen LogP contribution in [-0.2, 0) is 0 Å². The van der Waals surface area contributed by atoms with Crippen LogP contribution in [0.2, 0.25) is 0 Å². The average Bonchev–Trinajstić information content (AvgIpc) is 3.09. The van der Waals surface area contributed by atoms with Crippen LogP contribution in [0.25, 0.3) is 20.3 Å². The van der Waals surface area contributed by atoms with Crippen LogP contribution in [0, 0.1) is 13.8 Å². The van der Waals surface area contributed by atoms with Crippen LogP contribution in [0.5, 0.6) is 0 Å². The molecular weight excluding hydrogens is 268 g/mol. The topological polar surface area (TPSA) is 41.9 Å². The van der Waals surface area contributed by atoms with Gasteiger partial charge in [-0.3, -0.25) is 0 Å². The van der Waals surface area contributed by atoms with Gasteiger partial charge < -0.3 is 4.90 Å². The van der Waals surface area contributed by atoms with Crippen LogP contribution in [0.1, 0.15) is 24.1 Å². The number of anilines is 1. The minimum Gasteiger partial charge on any atom is -0.355 e. The highest BCUT2D eigenvalue weighted by atomic mass is 32.1. The maximum absolute atomic E-state index is 4.62. The Kier molecular flexibility index (Phi) is 2.63. The van der Waals surface area contributed by atoms with E-state index in [0.717, 1.165) is 29.4 Å². The maximum atomic E-state index is 4.62. The van der Waals surface area contributed by atoms with Crippen molar-refractivity contribution in [3.8, 4) is 0 Å². The van der Waals surface area contributed by atoms with Crippen LogP contribution in [0.3, 0.4) is 0 Å². The van der Waals surface area contributed by atoms with Crippen molar-refractivity contribution in [2.75, 3.05) is 18.0 Å². The van der Waals surface area contributed by atoms with Gasteiger partial charge >= 0.3 is 0 Å². The summed E-state index contributed by atoms with van der Waals surface area (Å²) >= 11 is 1.72. The van der Waals surface area contributed by atoms with Gasteiger partial charge in [0, 0.05) is 30.1 Å². The maximum Gasteiger partial charge on any atom is 0.147 e. The van der Waals surface area contributed by atoms with Crippen molar-refractivity contribution in [3.05, 3.63) is 23.5 Å². The van der Waals surface area contributed by atoms with Gasteiger partial charge in [0.25, 0.3) is 0 Å². The first-order chi connectivity index (χ1) is 9.75. The number of thiophene rings is 1. The fraction of sp³-hybridized carbons (Fsp3) is 0.400. The number of aromatic nitrogens is 3. The van der Waals surface area contributed by atoms with Gasteiger partial charge in [0.2, 0.25) is 0 Å². The van der Waals surface area contributed by atoms with E-state index in [9.17, 15) is 0 Å². The zero-order valence-corrected chi connectivity index (χ0v) is 12.5. The summed E-state index contributed by atoms with van der Waals surface area (Å²) in [6.07, 6.45) is 4.46. The first-order valence-corrected chi connectivity index (χ1v) is 7.83. The van der Waals surface area contributed by atoms with E-state index < -0.39 is 0 Å². The first kappa shape index (κ1) is 12.0. The summed E-state index contributed by atoms with van der Waals surface area (Å²) in [5.74, 6) is 1.13. The number of nitrogens with zero attached hydrogens (tertiary/aromatic N) is 4. The molecule has 0 radical (unpaired) electrons. The van der Waals surface area contributed by atoms with Gasteiger partial charge in [0.1, 0.15) is 10.6 Å². The zero-order valence-electron chi connectivity index (χ0n) is 11.7. The summed E-state index contributed by atoms with van der Waals surface area (Å²) in [4.78, 5) is 8.05. The Balaban J connectivity index is 2.06. The van der Waals surface area contributed by atoms with E-state index in [1.54, 1.807) is 11.3 Å². The lowest BCUT2D eigenvalue weighted by molar-refractivity contribution is 0.947. The van der Waals surface area contributed by atoms with Crippen LogP contribution in [0.15, 0.2) is 12.3 Å². The van der Waals surface area contributed by atoms with Gasteiger partial charge in [0.15, 0.2) is 0 Å². The van der Waals surface area contributed by atoms with Crippen LogP contribution < -0.4 is 4.90 Å². The standard InChI is InChI=1S/C15H16N4S/c1-9-10(2)17-18-15-12(9)11-5-6-16-14(13(11)20-15)19-7-3-4-8-19/h5-6H,3-4,7-8H2,1-2H3. The lowest BCUT2D eigenvalue weighted by Gasteiger charge is -2.16. The second-order valence-corrected chi connectivity index (χ2v) is 6.40. The van der Waals surface area contributed by atoms with Crippen molar-refractivity contribution in [2.24, 2.45) is 0 Å². The van der Waals surface area contributed by atoms with Crippen molar-refractivity contribution >= 4 is 37.5 Å². The molecule has 0 saturated carbocycles. The largest absolute Gasteiger partial charge is 0.355 e. The number of hydrogen-bond acceptors (Lipinski definition) is 5. The fourth-order valence-corrected chi connectivity index (χ4v) is 4.15. The van der Waals surface area contributed by atoms with Gasteiger partial charge in [-0.05, 0) is 38.3 Å². The second-order valence-electron chi connectivity index (χ2n) is 5.40. The zero-order chi connectivity index (χ0) is 13.7. The van der Waals surface area contributed by atoms with Crippen molar-refractivity contribution < 1.29 is 0 Å². The summed E-state index contributed by atoms with van der Waals surface area (Å²) < 4.78 is 1.26. The Morgan fingerprint density at radius 1 is 1.15 bits per heavy atom. The molecule has 0 unspecified atom stereocenters. The van der Waals surface area contributed by atoms with Gasteiger partial charge in [-0.25, -0.2) is 4.98 Å². The van der Waals surface area contributed by atoms with Gasteiger partial charge in [-0.1, -0.05) is 0 Å². The smallest absolute Gasteiger partial charge is 0.147 e. The Labute approximate surface area is 121 Å². The summed E-state index contributed by atoms with van der Waals surface area (Å²) in [5.41, 5.74) is 2.25. The summed E-state index contributed by atoms with van der Waals surface area (Å²) in [6, 6.07) is 2.11. The molecule has 5 heteroatoms. The normalized spacial score (nSPS) is 15.6. The van der Waals surface area contributed by atoms with E-state index in [2.05, 4.69) is 33.1 Å². The molecule has 0 N–H and O–H groups in total. The van der Waals surface area contributed by atoms with Crippen LogP contribution in [-0.4, -0.2) is 28.3 Å². The molecule has 1 saturated heterocycles. The molecule has 0 aliphatic carbocycles. The molecule has 4 heterocycles. The minimum absolute atomic E-state index is 1.01. The first-order valence-electron chi connectivity index (χ1n) is 7.02. The average molecular weight is 284 g/mol. The molecule has 20 heavy (non-hydrogen) atoms. The molecule has 0 spiro atoms. The molecule has 0 atom stereocenters. The lowest BCUT2D eigenvalue weighted by atomic mass is 10.1. The number of hydrogen-bond donors (Lipinski definition) is 0. The number of fused-ring (bicyclic) bond motifs is 3. The van der Waals surface area contributed by atoms with Crippen molar-refractivity contribution in [3.63, 3.8) is 0 Å². The summed E-state index contributed by atoms with van der Waals surface area (Å²) in [5, 5.41) is 11.2. The molecule has 0 amide bonds. The third-order valence-corrected chi connectivity index (χ3v) is 5.27. The highest BCUT2D eigenvalue weighted by Gasteiger charge is 2.20. The second kappa shape index (κ2) is 4.38. The van der Waals surface area contributed by atoms with Gasteiger partial charge in [-0.15, -0.1) is 16.4 Å². The van der Waals surface area contributed by atoms with Crippen LogP contribution in [0.4, 0.5) is 5.82 Å². The third kappa shape index (κ3) is 1.62. The molecule has 0 bridgehead atoms. The van der Waals surface area contributed by atoms with Crippen molar-refractivity contribution in [1.82, 2.24) is 15.2 Å². The molecule has 1 aliphatic rings. The quantitative estimate of drug-likeness (QED) is 0.686. The number of aryl methyl sites for hydroxylation is 2. The van der Waals surface area contributed by atoms with E-state index in [-0.39, 0.29) is 0 Å². The lowest BCUT2D eigenvalue weighted by Crippen LogP contribution is -2.18. The Hall–Kier alpha value is -1.75. The Morgan fingerprint density at radius 3 is 2.75 bits per heavy atom. The van der Waals surface area contributed by atoms with Gasteiger partial charge in [0.05, 0.1) is 10.4 Å². The van der Waals surface area contributed by atoms with Crippen LogP contribution >= 0.6 is 11.3 Å². The summed E-state index contributed by atoms with van der Waals surface area (Å²) in [6.45, 7) is 6.39. The Bertz CT molecular complexity index is 802. The molecule has 0 aromatic carbocycles. The minimum atomic E-state index is 1.01. The van der Waals surface area contributed by atoms with E-state index in [1.807, 2.05) is 13.1 Å². The molecule has 1 fully saturated rings. The van der Waals surface area contributed by atoms with Crippen molar-refractivity contribution in [1.29, 1.82) is 0 Å². The molecule has 3 aromatic rings. The molecule has 102 valence electrons. The number of rotatable bonds is 1. The monoisotopic (exact) mass is 284 g/mol. The highest BCUT2D eigenvalue weighted by Crippen LogP contribution is 2.39. The van der Waals surface area contributed by atoms with E-state index in [4.69, 9.17) is 0 Å². The highest BCUT2D eigenvalue weighted by molar-refractivity contribution is 7.26. The number of pyridine rings is 1. The predicted molar refractivity (Wildman–Crippen MR) is 83.6 cm³/mol.